The first-order valence-electron chi connectivity index (χ1n) is 4.63. The van der Waals surface area contributed by atoms with Crippen LogP contribution >= 0.6 is 15.9 Å². The first-order valence-corrected chi connectivity index (χ1v) is 5.43. The smallest absolute Gasteiger partial charge is 0.251 e. The van der Waals surface area contributed by atoms with Gasteiger partial charge in [0.1, 0.15) is 5.82 Å². The molecule has 1 heterocycles. The molecule has 0 spiro atoms. The Bertz CT molecular complexity index is 480. The van der Waals surface area contributed by atoms with Crippen molar-refractivity contribution >= 4 is 15.9 Å². The third-order valence-corrected chi connectivity index (χ3v) is 2.63. The highest BCUT2D eigenvalue weighted by Gasteiger charge is 2.15. The zero-order valence-corrected chi connectivity index (χ0v) is 10.1. The highest BCUT2D eigenvalue weighted by atomic mass is 79.9. The topological polar surface area (TPSA) is 51.0 Å². The summed E-state index contributed by atoms with van der Waals surface area (Å²) in [6.45, 7) is 0.457. The van der Waals surface area contributed by atoms with E-state index in [1.807, 2.05) is 0 Å². The lowest BCUT2D eigenvalue weighted by Crippen LogP contribution is -2.04. The van der Waals surface area contributed by atoms with Gasteiger partial charge in [-0.15, -0.1) is 10.2 Å². The molecule has 0 unspecified atom stereocenters. The van der Waals surface area contributed by atoms with Gasteiger partial charge in [-0.05, 0) is 35.1 Å². The molecule has 4 nitrogen and oxygen atoms in total. The van der Waals surface area contributed by atoms with Crippen LogP contribution in [0.15, 0.2) is 27.1 Å². The lowest BCUT2D eigenvalue weighted by molar-refractivity contribution is 0.487. The first-order chi connectivity index (χ1) is 7.72. The second-order valence-electron chi connectivity index (χ2n) is 3.13. The van der Waals surface area contributed by atoms with Crippen molar-refractivity contribution in [3.8, 4) is 11.5 Å². The van der Waals surface area contributed by atoms with E-state index in [-0.39, 0.29) is 11.5 Å². The van der Waals surface area contributed by atoms with Gasteiger partial charge in [0, 0.05) is 4.47 Å². The van der Waals surface area contributed by atoms with Crippen molar-refractivity contribution in [2.45, 2.75) is 6.54 Å². The van der Waals surface area contributed by atoms with Crippen LogP contribution in [0, 0.1) is 5.82 Å². The Balaban J connectivity index is 2.42. The molecule has 0 atom stereocenters. The maximum atomic E-state index is 13.6. The highest BCUT2D eigenvalue weighted by Crippen LogP contribution is 2.29. The Morgan fingerprint density at radius 1 is 1.44 bits per heavy atom. The van der Waals surface area contributed by atoms with E-state index in [9.17, 15) is 4.39 Å². The van der Waals surface area contributed by atoms with Crippen molar-refractivity contribution in [3.05, 3.63) is 34.4 Å². The standard InChI is InChI=1S/C10H9BrFN3O/c1-13-5-8-14-15-10(16-8)9-6(11)3-2-4-7(9)12/h2-4,13H,5H2,1H3. The number of rotatable bonds is 3. The van der Waals surface area contributed by atoms with Gasteiger partial charge in [0.05, 0.1) is 12.1 Å². The van der Waals surface area contributed by atoms with Crippen molar-refractivity contribution in [1.29, 1.82) is 0 Å². The predicted molar refractivity (Wildman–Crippen MR) is 60.2 cm³/mol. The molecule has 2 rings (SSSR count). The van der Waals surface area contributed by atoms with Crippen LogP contribution in [0.2, 0.25) is 0 Å². The van der Waals surface area contributed by atoms with E-state index >= 15 is 0 Å². The second kappa shape index (κ2) is 4.71. The average molecular weight is 286 g/mol. The van der Waals surface area contributed by atoms with E-state index in [2.05, 4.69) is 31.4 Å². The van der Waals surface area contributed by atoms with Crippen LogP contribution in [0.5, 0.6) is 0 Å². The fourth-order valence-electron chi connectivity index (χ4n) is 1.28. The van der Waals surface area contributed by atoms with Crippen LogP contribution in [0.4, 0.5) is 4.39 Å². The average Bonchev–Trinajstić information content (AvgIpc) is 2.67. The number of benzene rings is 1. The summed E-state index contributed by atoms with van der Waals surface area (Å²) in [4.78, 5) is 0. The van der Waals surface area contributed by atoms with Crippen molar-refractivity contribution in [2.75, 3.05) is 7.05 Å². The zero-order valence-electron chi connectivity index (χ0n) is 8.50. The van der Waals surface area contributed by atoms with Gasteiger partial charge in [0.25, 0.3) is 5.89 Å². The van der Waals surface area contributed by atoms with E-state index in [1.165, 1.54) is 6.07 Å². The highest BCUT2D eigenvalue weighted by molar-refractivity contribution is 9.10. The molecule has 0 aliphatic carbocycles. The Labute approximate surface area is 100 Å². The molecule has 0 saturated heterocycles. The minimum Gasteiger partial charge on any atom is -0.419 e. The number of hydrogen-bond donors (Lipinski definition) is 1. The molecular weight excluding hydrogens is 277 g/mol. The molecule has 0 aliphatic heterocycles. The maximum Gasteiger partial charge on any atom is 0.251 e. The summed E-state index contributed by atoms with van der Waals surface area (Å²) < 4.78 is 19.5. The molecule has 0 bridgehead atoms. The molecule has 0 aliphatic rings. The lowest BCUT2D eigenvalue weighted by Gasteiger charge is -1.99. The summed E-state index contributed by atoms with van der Waals surface area (Å²) >= 11 is 3.25. The van der Waals surface area contributed by atoms with Crippen molar-refractivity contribution < 1.29 is 8.81 Å². The molecule has 1 aromatic carbocycles. The summed E-state index contributed by atoms with van der Waals surface area (Å²) in [5, 5.41) is 10.5. The van der Waals surface area contributed by atoms with Gasteiger partial charge in [-0.2, -0.15) is 0 Å². The minimum atomic E-state index is -0.394. The van der Waals surface area contributed by atoms with Crippen LogP contribution in [0.3, 0.4) is 0 Å². The molecule has 1 aromatic heterocycles. The van der Waals surface area contributed by atoms with Gasteiger partial charge in [-0.1, -0.05) is 6.07 Å². The van der Waals surface area contributed by atoms with Gasteiger partial charge in [0.15, 0.2) is 0 Å². The second-order valence-corrected chi connectivity index (χ2v) is 3.98. The van der Waals surface area contributed by atoms with E-state index in [0.29, 0.717) is 16.9 Å². The van der Waals surface area contributed by atoms with Gasteiger partial charge in [-0.25, -0.2) is 4.39 Å². The van der Waals surface area contributed by atoms with Crippen LogP contribution < -0.4 is 5.32 Å². The van der Waals surface area contributed by atoms with E-state index in [1.54, 1.807) is 19.2 Å². The molecule has 0 fully saturated rings. The molecule has 84 valence electrons. The summed E-state index contributed by atoms with van der Waals surface area (Å²) in [5.41, 5.74) is 0.289. The third kappa shape index (κ3) is 2.12. The number of halogens is 2. The Kier molecular flexibility index (Phi) is 3.31. The van der Waals surface area contributed by atoms with Crippen molar-refractivity contribution in [3.63, 3.8) is 0 Å². The van der Waals surface area contributed by atoms with Crippen LogP contribution in [0.1, 0.15) is 5.89 Å². The van der Waals surface area contributed by atoms with Gasteiger partial charge in [0.2, 0.25) is 5.89 Å². The molecule has 16 heavy (non-hydrogen) atoms. The Morgan fingerprint density at radius 3 is 2.94 bits per heavy atom. The molecule has 0 amide bonds. The predicted octanol–water partition coefficient (Wildman–Crippen LogP) is 2.36. The molecule has 1 N–H and O–H groups in total. The number of nitrogens with one attached hydrogen (secondary N) is 1. The largest absolute Gasteiger partial charge is 0.419 e. The Morgan fingerprint density at radius 2 is 2.25 bits per heavy atom. The molecule has 0 saturated carbocycles. The van der Waals surface area contributed by atoms with E-state index in [0.717, 1.165) is 0 Å². The zero-order chi connectivity index (χ0) is 11.5. The fourth-order valence-corrected chi connectivity index (χ4v) is 1.79. The molecule has 2 aromatic rings. The van der Waals surface area contributed by atoms with Crippen molar-refractivity contribution in [1.82, 2.24) is 15.5 Å². The summed E-state index contributed by atoms with van der Waals surface area (Å²) in [6.07, 6.45) is 0. The summed E-state index contributed by atoms with van der Waals surface area (Å²) in [5.74, 6) is 0.205. The van der Waals surface area contributed by atoms with Gasteiger partial charge < -0.3 is 9.73 Å². The van der Waals surface area contributed by atoms with Gasteiger partial charge in [-0.3, -0.25) is 0 Å². The number of aromatic nitrogens is 2. The molecule has 0 radical (unpaired) electrons. The lowest BCUT2D eigenvalue weighted by atomic mass is 10.2. The monoisotopic (exact) mass is 285 g/mol. The Hall–Kier alpha value is -1.27. The van der Waals surface area contributed by atoms with Crippen LogP contribution in [-0.2, 0) is 6.54 Å². The first kappa shape index (κ1) is 11.2. The maximum absolute atomic E-state index is 13.6. The minimum absolute atomic E-state index is 0.176. The van der Waals surface area contributed by atoms with Crippen LogP contribution in [0.25, 0.3) is 11.5 Å². The van der Waals surface area contributed by atoms with E-state index in [4.69, 9.17) is 4.42 Å². The van der Waals surface area contributed by atoms with Crippen LogP contribution in [-0.4, -0.2) is 17.2 Å². The summed E-state index contributed by atoms with van der Waals surface area (Å²) in [6, 6.07) is 4.68. The molecular formula is C10H9BrFN3O. The SMILES string of the molecule is CNCc1nnc(-c2c(F)cccc2Br)o1. The number of hydrogen-bond acceptors (Lipinski definition) is 4. The summed E-state index contributed by atoms with van der Waals surface area (Å²) in [7, 11) is 1.77. The normalized spacial score (nSPS) is 10.7. The van der Waals surface area contributed by atoms with Gasteiger partial charge >= 0.3 is 0 Å². The van der Waals surface area contributed by atoms with Crippen molar-refractivity contribution in [2.24, 2.45) is 0 Å². The fraction of sp³-hybridized carbons (Fsp3) is 0.200. The third-order valence-electron chi connectivity index (χ3n) is 1.97. The quantitative estimate of drug-likeness (QED) is 0.941. The van der Waals surface area contributed by atoms with E-state index < -0.39 is 5.82 Å². The number of nitrogens with zero attached hydrogens (tertiary/aromatic N) is 2. The molecule has 6 heteroatoms.